The predicted octanol–water partition coefficient (Wildman–Crippen LogP) is 4.91. The molecule has 1 aliphatic heterocycles. The van der Waals surface area contributed by atoms with Crippen molar-refractivity contribution in [1.82, 2.24) is 9.97 Å². The second-order valence-electron chi connectivity index (χ2n) is 7.08. The van der Waals surface area contributed by atoms with Gasteiger partial charge in [-0.1, -0.05) is 43.2 Å². The molecular formula is C21H20N4OS. The third-order valence-electron chi connectivity index (χ3n) is 5.50. The fourth-order valence-electron chi connectivity index (χ4n) is 4.19. The number of fused-ring (bicyclic) bond motifs is 4. The highest BCUT2D eigenvalue weighted by atomic mass is 32.2. The number of hydrogen-bond donors (Lipinski definition) is 2. The topological polar surface area (TPSA) is 70.4 Å². The summed E-state index contributed by atoms with van der Waals surface area (Å²) in [6.45, 7) is 0. The highest BCUT2D eigenvalue weighted by Crippen LogP contribution is 2.52. The van der Waals surface area contributed by atoms with Crippen LogP contribution < -0.4 is 5.43 Å². The number of phenolic OH excluding ortho intramolecular Hbond substituents is 1. The fraction of sp³-hybridized carbons (Fsp3) is 0.286. The number of thioether (sulfide) groups is 1. The van der Waals surface area contributed by atoms with E-state index in [1.54, 1.807) is 18.6 Å². The van der Waals surface area contributed by atoms with Gasteiger partial charge in [-0.15, -0.1) is 11.8 Å². The number of nitrogens with zero attached hydrogens (tertiary/aromatic N) is 3. The molecule has 136 valence electrons. The van der Waals surface area contributed by atoms with Gasteiger partial charge in [-0.25, -0.2) is 9.97 Å². The van der Waals surface area contributed by atoms with Gasteiger partial charge in [0.1, 0.15) is 17.1 Å². The number of phenols is 1. The maximum Gasteiger partial charge on any atom is 0.154 e. The van der Waals surface area contributed by atoms with E-state index in [1.807, 2.05) is 42.1 Å². The Labute approximate surface area is 161 Å². The molecule has 1 aliphatic carbocycles. The number of aromatic nitrogens is 2. The first-order valence-electron chi connectivity index (χ1n) is 9.32. The Kier molecular flexibility index (Phi) is 4.20. The van der Waals surface area contributed by atoms with Crippen LogP contribution in [0, 0.1) is 0 Å². The van der Waals surface area contributed by atoms with E-state index in [1.165, 1.54) is 31.2 Å². The predicted molar refractivity (Wildman–Crippen MR) is 110 cm³/mol. The molecule has 2 heterocycles. The van der Waals surface area contributed by atoms with E-state index in [2.05, 4.69) is 20.5 Å². The van der Waals surface area contributed by atoms with Gasteiger partial charge in [-0.2, -0.15) is 5.10 Å². The van der Waals surface area contributed by atoms with Crippen molar-refractivity contribution in [2.24, 2.45) is 5.10 Å². The maximum absolute atomic E-state index is 10.3. The Morgan fingerprint density at radius 2 is 2.00 bits per heavy atom. The van der Waals surface area contributed by atoms with Crippen LogP contribution >= 0.6 is 11.8 Å². The van der Waals surface area contributed by atoms with Crippen molar-refractivity contribution in [3.8, 4) is 5.75 Å². The Morgan fingerprint density at radius 1 is 1.11 bits per heavy atom. The lowest BCUT2D eigenvalue weighted by Crippen LogP contribution is -2.16. The summed E-state index contributed by atoms with van der Waals surface area (Å²) in [6.07, 6.45) is 8.29. The molecule has 1 fully saturated rings. The molecule has 0 amide bonds. The monoisotopic (exact) mass is 376 g/mol. The summed E-state index contributed by atoms with van der Waals surface area (Å²) in [4.78, 5) is 8.93. The van der Waals surface area contributed by atoms with Crippen LogP contribution in [-0.2, 0) is 0 Å². The van der Waals surface area contributed by atoms with Crippen LogP contribution in [0.1, 0.15) is 42.7 Å². The zero-order valence-electron chi connectivity index (χ0n) is 14.8. The minimum absolute atomic E-state index is 0.218. The Bertz CT molecular complexity index is 1040. The lowest BCUT2D eigenvalue weighted by Gasteiger charge is -2.24. The number of aromatic hydroxyl groups is 1. The Hall–Kier alpha value is -2.60. The molecule has 2 aromatic carbocycles. The first-order valence-corrected chi connectivity index (χ1v) is 10.2. The number of rotatable bonds is 3. The quantitative estimate of drug-likeness (QED) is 0.386. The van der Waals surface area contributed by atoms with Crippen molar-refractivity contribution in [2.45, 2.75) is 41.9 Å². The van der Waals surface area contributed by atoms with Gasteiger partial charge in [0.25, 0.3) is 0 Å². The normalized spacial score (nSPS) is 21.3. The van der Waals surface area contributed by atoms with Gasteiger partial charge >= 0.3 is 0 Å². The van der Waals surface area contributed by atoms with E-state index in [0.717, 1.165) is 21.6 Å². The summed E-state index contributed by atoms with van der Waals surface area (Å²) in [6, 6.07) is 11.6. The average molecular weight is 376 g/mol. The van der Waals surface area contributed by atoms with E-state index in [4.69, 9.17) is 0 Å². The first kappa shape index (κ1) is 16.6. The average Bonchev–Trinajstić information content (AvgIpc) is 3.09. The molecule has 5 nitrogen and oxygen atoms in total. The molecule has 0 saturated heterocycles. The molecule has 2 atom stereocenters. The van der Waals surface area contributed by atoms with Gasteiger partial charge in [-0.3, -0.25) is 5.43 Å². The zero-order chi connectivity index (χ0) is 18.2. The number of nitrogens with one attached hydrogen (secondary N) is 1. The molecule has 2 aliphatic rings. The zero-order valence-corrected chi connectivity index (χ0v) is 15.6. The molecule has 6 heteroatoms. The molecule has 2 unspecified atom stereocenters. The van der Waals surface area contributed by atoms with E-state index >= 15 is 0 Å². The third-order valence-corrected chi connectivity index (χ3v) is 6.91. The van der Waals surface area contributed by atoms with Crippen molar-refractivity contribution < 1.29 is 5.11 Å². The number of anilines is 1. The lowest BCUT2D eigenvalue weighted by atomic mass is 9.84. The Balaban J connectivity index is 1.45. The highest BCUT2D eigenvalue weighted by molar-refractivity contribution is 8.00. The van der Waals surface area contributed by atoms with Gasteiger partial charge in [0, 0.05) is 22.3 Å². The summed E-state index contributed by atoms with van der Waals surface area (Å²) in [5.41, 5.74) is 5.03. The van der Waals surface area contributed by atoms with Crippen LogP contribution in [0.25, 0.3) is 10.8 Å². The molecule has 1 aromatic heterocycles. The maximum atomic E-state index is 10.3. The van der Waals surface area contributed by atoms with Gasteiger partial charge in [0.15, 0.2) is 5.82 Å². The number of hydrogen-bond acceptors (Lipinski definition) is 6. The second kappa shape index (κ2) is 6.85. The molecule has 0 spiro atoms. The first-order chi connectivity index (χ1) is 13.3. The molecule has 3 aromatic rings. The summed E-state index contributed by atoms with van der Waals surface area (Å²) >= 11 is 1.89. The van der Waals surface area contributed by atoms with E-state index < -0.39 is 0 Å². The summed E-state index contributed by atoms with van der Waals surface area (Å²) in [5, 5.41) is 18.4. The summed E-state index contributed by atoms with van der Waals surface area (Å²) in [7, 11) is 0. The molecule has 0 radical (unpaired) electrons. The Morgan fingerprint density at radius 3 is 2.96 bits per heavy atom. The van der Waals surface area contributed by atoms with Gasteiger partial charge in [0.2, 0.25) is 0 Å². The SMILES string of the molecule is Oc1ccc2ccccc2c1/C=N/Nc1ncnc2c1C1CCCCC1S2. The summed E-state index contributed by atoms with van der Waals surface area (Å²) in [5.74, 6) is 1.52. The van der Waals surface area contributed by atoms with Crippen LogP contribution in [0.3, 0.4) is 0 Å². The van der Waals surface area contributed by atoms with E-state index in [-0.39, 0.29) is 5.75 Å². The fourth-order valence-corrected chi connectivity index (χ4v) is 5.68. The van der Waals surface area contributed by atoms with Crippen molar-refractivity contribution in [3.05, 3.63) is 53.9 Å². The van der Waals surface area contributed by atoms with Crippen molar-refractivity contribution in [3.63, 3.8) is 0 Å². The molecule has 2 N–H and O–H groups in total. The van der Waals surface area contributed by atoms with Crippen LogP contribution in [0.2, 0.25) is 0 Å². The van der Waals surface area contributed by atoms with Gasteiger partial charge < -0.3 is 5.11 Å². The molecule has 27 heavy (non-hydrogen) atoms. The molecule has 1 saturated carbocycles. The summed E-state index contributed by atoms with van der Waals surface area (Å²) < 4.78 is 0. The van der Waals surface area contributed by atoms with Crippen LogP contribution in [0.5, 0.6) is 5.75 Å². The van der Waals surface area contributed by atoms with Crippen molar-refractivity contribution >= 4 is 34.6 Å². The molecular weight excluding hydrogens is 356 g/mol. The van der Waals surface area contributed by atoms with Gasteiger partial charge in [-0.05, 0) is 29.7 Å². The highest BCUT2D eigenvalue weighted by Gasteiger charge is 2.38. The standard InChI is InChI=1S/C21H20N4OS/c26-17-10-9-13-5-1-2-6-14(13)16(17)11-24-25-20-19-15-7-3-4-8-18(15)27-21(19)23-12-22-20/h1-2,5-6,9-12,15,18,26H,3-4,7-8H2,(H,22,23,25)/b24-11+. The minimum atomic E-state index is 0.218. The van der Waals surface area contributed by atoms with Crippen molar-refractivity contribution in [1.29, 1.82) is 0 Å². The smallest absolute Gasteiger partial charge is 0.154 e. The van der Waals surface area contributed by atoms with E-state index in [9.17, 15) is 5.11 Å². The van der Waals surface area contributed by atoms with E-state index in [0.29, 0.717) is 16.7 Å². The van der Waals surface area contributed by atoms with Gasteiger partial charge in [0.05, 0.1) is 6.21 Å². The molecule has 0 bridgehead atoms. The number of benzene rings is 2. The largest absolute Gasteiger partial charge is 0.507 e. The lowest BCUT2D eigenvalue weighted by molar-refractivity contribution is 0.460. The van der Waals surface area contributed by atoms with Crippen molar-refractivity contribution in [2.75, 3.05) is 5.43 Å². The third kappa shape index (κ3) is 2.94. The number of hydrazone groups is 1. The minimum Gasteiger partial charge on any atom is -0.507 e. The van der Waals surface area contributed by atoms with Crippen LogP contribution in [-0.4, -0.2) is 26.5 Å². The second-order valence-corrected chi connectivity index (χ2v) is 8.31. The van der Waals surface area contributed by atoms with Crippen LogP contribution in [0.15, 0.2) is 52.9 Å². The molecule has 5 rings (SSSR count). The van der Waals surface area contributed by atoms with Crippen LogP contribution in [0.4, 0.5) is 5.82 Å².